The number of aromatic nitrogens is 1. The van der Waals surface area contributed by atoms with Gasteiger partial charge in [0.15, 0.2) is 0 Å². The second-order valence-corrected chi connectivity index (χ2v) is 3.02. The molecule has 0 bridgehead atoms. The number of pyridine rings is 1. The first-order valence-electron chi connectivity index (χ1n) is 4.29. The highest BCUT2D eigenvalue weighted by Gasteiger charge is 2.20. The lowest BCUT2D eigenvalue weighted by Gasteiger charge is -2.17. The van der Waals surface area contributed by atoms with E-state index in [2.05, 4.69) is 10.4 Å². The quantitative estimate of drug-likeness (QED) is 0.663. The van der Waals surface area contributed by atoms with Crippen molar-refractivity contribution in [1.82, 2.24) is 10.4 Å². The second kappa shape index (κ2) is 3.53. The van der Waals surface area contributed by atoms with E-state index in [1.165, 1.54) is 0 Å². The van der Waals surface area contributed by atoms with Crippen molar-refractivity contribution in [3.05, 3.63) is 24.5 Å². The Labute approximate surface area is 76.5 Å². The molecule has 1 unspecified atom stereocenters. The van der Waals surface area contributed by atoms with Crippen molar-refractivity contribution in [3.63, 3.8) is 0 Å². The van der Waals surface area contributed by atoms with Gasteiger partial charge in [-0.15, -0.1) is 0 Å². The highest BCUT2D eigenvalue weighted by Crippen LogP contribution is 2.14. The van der Waals surface area contributed by atoms with Gasteiger partial charge < -0.3 is 9.80 Å². The van der Waals surface area contributed by atoms with Crippen molar-refractivity contribution in [2.75, 3.05) is 11.6 Å². The lowest BCUT2D eigenvalue weighted by atomic mass is 10.3. The van der Waals surface area contributed by atoms with E-state index in [4.69, 9.17) is 0 Å². The Hall–Kier alpha value is -1.42. The van der Waals surface area contributed by atoms with Gasteiger partial charge in [0.1, 0.15) is 6.29 Å². The zero-order valence-corrected chi connectivity index (χ0v) is 7.18. The van der Waals surface area contributed by atoms with E-state index >= 15 is 0 Å². The van der Waals surface area contributed by atoms with Crippen LogP contribution in [0.5, 0.6) is 0 Å². The molecule has 2 rings (SSSR count). The Morgan fingerprint density at radius 3 is 2.92 bits per heavy atom. The van der Waals surface area contributed by atoms with Crippen molar-refractivity contribution in [2.45, 2.75) is 12.5 Å². The zero-order valence-electron chi connectivity index (χ0n) is 7.18. The third kappa shape index (κ3) is 1.67. The van der Waals surface area contributed by atoms with Crippen LogP contribution >= 0.6 is 0 Å². The first-order valence-corrected chi connectivity index (χ1v) is 4.29. The van der Waals surface area contributed by atoms with Crippen LogP contribution in [0.25, 0.3) is 0 Å². The fourth-order valence-corrected chi connectivity index (χ4v) is 1.42. The van der Waals surface area contributed by atoms with Gasteiger partial charge in [-0.25, -0.2) is 5.43 Å². The summed E-state index contributed by atoms with van der Waals surface area (Å²) in [5.41, 5.74) is 4.15. The molecule has 1 aliphatic heterocycles. The molecule has 1 N–H and O–H groups in total. The van der Waals surface area contributed by atoms with Crippen LogP contribution in [0, 0.1) is 0 Å². The number of carbonyl (C=O) groups excluding carboxylic acids is 1. The Morgan fingerprint density at radius 1 is 1.54 bits per heavy atom. The van der Waals surface area contributed by atoms with Crippen molar-refractivity contribution < 1.29 is 4.79 Å². The average Bonchev–Trinajstić information content (AvgIpc) is 2.67. The Kier molecular flexibility index (Phi) is 2.23. The first-order chi connectivity index (χ1) is 6.40. The van der Waals surface area contributed by atoms with Gasteiger partial charge in [0.25, 0.3) is 0 Å². The molecule has 68 valence electrons. The molecule has 1 atom stereocenters. The largest absolute Gasteiger partial charge is 0.308 e. The number of hydrogen-bond donors (Lipinski definition) is 1. The van der Waals surface area contributed by atoms with Crippen LogP contribution in [-0.4, -0.2) is 23.9 Å². The van der Waals surface area contributed by atoms with Gasteiger partial charge in [0.2, 0.25) is 0 Å². The SMILES string of the molecule is O=CC1CCN(c2ccncc2)N1. The van der Waals surface area contributed by atoms with Gasteiger partial charge in [-0.3, -0.25) is 4.98 Å². The molecule has 1 aromatic rings. The van der Waals surface area contributed by atoms with Gasteiger partial charge in [0, 0.05) is 18.9 Å². The minimum absolute atomic E-state index is 0.0341. The van der Waals surface area contributed by atoms with Crippen molar-refractivity contribution in [3.8, 4) is 0 Å². The normalized spacial score (nSPS) is 21.8. The molecule has 0 spiro atoms. The van der Waals surface area contributed by atoms with Crippen molar-refractivity contribution >= 4 is 12.0 Å². The number of aldehydes is 1. The summed E-state index contributed by atoms with van der Waals surface area (Å²) < 4.78 is 0. The summed E-state index contributed by atoms with van der Waals surface area (Å²) in [6, 6.07) is 3.80. The molecule has 1 aromatic heterocycles. The third-order valence-electron chi connectivity index (χ3n) is 2.12. The van der Waals surface area contributed by atoms with Crippen LogP contribution < -0.4 is 10.4 Å². The summed E-state index contributed by atoms with van der Waals surface area (Å²) in [5.74, 6) is 0. The molecular formula is C9H11N3O. The molecule has 13 heavy (non-hydrogen) atoms. The predicted molar refractivity (Wildman–Crippen MR) is 49.2 cm³/mol. The number of hydrogen-bond acceptors (Lipinski definition) is 4. The predicted octanol–water partition coefficient (Wildman–Crippen LogP) is 0.364. The Balaban J connectivity index is 2.08. The molecular weight excluding hydrogens is 166 g/mol. The molecule has 1 fully saturated rings. The van der Waals surface area contributed by atoms with Crippen LogP contribution in [0.1, 0.15) is 6.42 Å². The molecule has 0 saturated carbocycles. The molecule has 1 saturated heterocycles. The van der Waals surface area contributed by atoms with Crippen LogP contribution in [-0.2, 0) is 4.79 Å². The third-order valence-corrected chi connectivity index (χ3v) is 2.12. The van der Waals surface area contributed by atoms with Gasteiger partial charge in [0.05, 0.1) is 11.7 Å². The van der Waals surface area contributed by atoms with Crippen LogP contribution in [0.2, 0.25) is 0 Å². The number of anilines is 1. The van der Waals surface area contributed by atoms with Crippen LogP contribution in [0.15, 0.2) is 24.5 Å². The van der Waals surface area contributed by atoms with E-state index < -0.39 is 0 Å². The van der Waals surface area contributed by atoms with E-state index in [0.29, 0.717) is 0 Å². The van der Waals surface area contributed by atoms with E-state index in [-0.39, 0.29) is 6.04 Å². The van der Waals surface area contributed by atoms with E-state index in [1.807, 2.05) is 17.1 Å². The minimum atomic E-state index is -0.0341. The average molecular weight is 177 g/mol. The summed E-state index contributed by atoms with van der Waals surface area (Å²) in [6.45, 7) is 0.868. The number of nitrogens with one attached hydrogen (secondary N) is 1. The van der Waals surface area contributed by atoms with Crippen LogP contribution in [0.3, 0.4) is 0 Å². The van der Waals surface area contributed by atoms with E-state index in [9.17, 15) is 4.79 Å². The van der Waals surface area contributed by atoms with Gasteiger partial charge >= 0.3 is 0 Å². The fourth-order valence-electron chi connectivity index (χ4n) is 1.42. The monoisotopic (exact) mass is 177 g/mol. The van der Waals surface area contributed by atoms with Crippen molar-refractivity contribution in [2.24, 2.45) is 0 Å². The maximum Gasteiger partial charge on any atom is 0.138 e. The molecule has 0 aliphatic carbocycles. The maximum atomic E-state index is 10.5. The highest BCUT2D eigenvalue weighted by atomic mass is 16.1. The molecule has 2 heterocycles. The molecule has 1 aliphatic rings. The lowest BCUT2D eigenvalue weighted by molar-refractivity contribution is -0.109. The molecule has 0 amide bonds. The van der Waals surface area contributed by atoms with Crippen molar-refractivity contribution in [1.29, 1.82) is 0 Å². The fraction of sp³-hybridized carbons (Fsp3) is 0.333. The summed E-state index contributed by atoms with van der Waals surface area (Å²) in [4.78, 5) is 14.4. The topological polar surface area (TPSA) is 45.2 Å². The Bertz CT molecular complexity index is 288. The van der Waals surface area contributed by atoms with Gasteiger partial charge in [-0.2, -0.15) is 0 Å². The number of hydrazine groups is 1. The molecule has 4 nitrogen and oxygen atoms in total. The number of nitrogens with zero attached hydrogens (tertiary/aromatic N) is 2. The standard InChI is InChI=1S/C9H11N3O/c13-7-8-3-6-12(11-8)9-1-4-10-5-2-9/h1-2,4-5,7-8,11H,3,6H2. The number of rotatable bonds is 2. The highest BCUT2D eigenvalue weighted by molar-refractivity contribution is 5.60. The van der Waals surface area contributed by atoms with E-state index in [1.54, 1.807) is 12.4 Å². The maximum absolute atomic E-state index is 10.5. The number of carbonyl (C=O) groups is 1. The smallest absolute Gasteiger partial charge is 0.138 e. The molecule has 4 heteroatoms. The summed E-state index contributed by atoms with van der Waals surface area (Å²) in [5, 5.41) is 1.97. The summed E-state index contributed by atoms with van der Waals surface area (Å²) in [7, 11) is 0. The second-order valence-electron chi connectivity index (χ2n) is 3.02. The summed E-state index contributed by atoms with van der Waals surface area (Å²) >= 11 is 0. The summed E-state index contributed by atoms with van der Waals surface area (Å²) in [6.07, 6.45) is 5.30. The minimum Gasteiger partial charge on any atom is -0.308 e. The zero-order chi connectivity index (χ0) is 9.10. The molecule has 0 aromatic carbocycles. The first kappa shape index (κ1) is 8.19. The van der Waals surface area contributed by atoms with Gasteiger partial charge in [-0.1, -0.05) is 0 Å². The Morgan fingerprint density at radius 2 is 2.31 bits per heavy atom. The van der Waals surface area contributed by atoms with Crippen LogP contribution in [0.4, 0.5) is 5.69 Å². The molecule has 0 radical (unpaired) electrons. The van der Waals surface area contributed by atoms with Gasteiger partial charge in [-0.05, 0) is 18.6 Å². The van der Waals surface area contributed by atoms with E-state index in [0.717, 1.165) is 24.9 Å². The lowest BCUT2D eigenvalue weighted by Crippen LogP contribution is -2.36.